The standard InChI is InChI=1S/C44H33N5O/c1-44(31-16-8-5-9-17-31)35-21-11-10-18-33(35)38-34(20-12-22-36(38)44)42-46-40(29-14-6-4-7-15-29)45-41(47-42)30-26-24-28(25-27-30)32-19-13-23-37-39(32)49(3)43(50)48(37)2/h4-27H,1-3H3. The summed E-state index contributed by atoms with van der Waals surface area (Å²) < 4.78 is 3.40. The van der Waals surface area contributed by atoms with Crippen molar-refractivity contribution in [2.45, 2.75) is 12.3 Å². The van der Waals surface area contributed by atoms with Crippen LogP contribution in [0.15, 0.2) is 150 Å². The van der Waals surface area contributed by atoms with E-state index >= 15 is 0 Å². The van der Waals surface area contributed by atoms with Gasteiger partial charge in [0.15, 0.2) is 17.5 Å². The summed E-state index contributed by atoms with van der Waals surface area (Å²) in [7, 11) is 3.63. The van der Waals surface area contributed by atoms with Crippen LogP contribution in [0.25, 0.3) is 67.5 Å². The van der Waals surface area contributed by atoms with Gasteiger partial charge in [-0.1, -0.05) is 140 Å². The number of imidazole rings is 1. The Hall–Kier alpha value is -6.40. The molecule has 9 rings (SSSR count). The molecule has 0 spiro atoms. The molecule has 2 aromatic heterocycles. The molecule has 0 bridgehead atoms. The summed E-state index contributed by atoms with van der Waals surface area (Å²) in [5.74, 6) is 1.85. The summed E-state index contributed by atoms with van der Waals surface area (Å²) in [4.78, 5) is 28.1. The number of hydrogen-bond acceptors (Lipinski definition) is 4. The van der Waals surface area contributed by atoms with Crippen LogP contribution in [0.4, 0.5) is 0 Å². The maximum atomic E-state index is 12.8. The van der Waals surface area contributed by atoms with Crippen molar-refractivity contribution in [3.8, 4) is 56.4 Å². The Labute approximate surface area is 290 Å². The molecule has 6 heteroatoms. The average molecular weight is 648 g/mol. The van der Waals surface area contributed by atoms with Crippen molar-refractivity contribution < 1.29 is 0 Å². The molecule has 6 nitrogen and oxygen atoms in total. The molecule has 1 aliphatic rings. The molecule has 8 aromatic rings. The second-order valence-corrected chi connectivity index (χ2v) is 13.1. The predicted molar refractivity (Wildman–Crippen MR) is 201 cm³/mol. The van der Waals surface area contributed by atoms with E-state index in [0.717, 1.165) is 44.4 Å². The largest absolute Gasteiger partial charge is 0.328 e. The van der Waals surface area contributed by atoms with Gasteiger partial charge in [-0.25, -0.2) is 19.7 Å². The van der Waals surface area contributed by atoms with Crippen LogP contribution in [-0.4, -0.2) is 24.1 Å². The minimum Gasteiger partial charge on any atom is -0.295 e. The molecule has 0 N–H and O–H groups in total. The molecule has 2 heterocycles. The number of aryl methyl sites for hydroxylation is 2. The lowest BCUT2D eigenvalue weighted by Crippen LogP contribution is -2.22. The van der Waals surface area contributed by atoms with Gasteiger partial charge in [-0.15, -0.1) is 0 Å². The molecule has 0 radical (unpaired) electrons. The molecular weight excluding hydrogens is 615 g/mol. The molecule has 1 atom stereocenters. The van der Waals surface area contributed by atoms with Gasteiger partial charge in [0.1, 0.15) is 0 Å². The van der Waals surface area contributed by atoms with E-state index in [1.54, 1.807) is 9.13 Å². The molecule has 6 aromatic carbocycles. The number of para-hydroxylation sites is 1. The van der Waals surface area contributed by atoms with Crippen LogP contribution in [0.3, 0.4) is 0 Å². The van der Waals surface area contributed by atoms with Gasteiger partial charge < -0.3 is 0 Å². The van der Waals surface area contributed by atoms with Crippen molar-refractivity contribution >= 4 is 11.0 Å². The number of fused-ring (bicyclic) bond motifs is 4. The third kappa shape index (κ3) is 4.42. The third-order valence-electron chi connectivity index (χ3n) is 10.3. The molecular formula is C44H33N5O. The number of hydrogen-bond donors (Lipinski definition) is 0. The maximum Gasteiger partial charge on any atom is 0.328 e. The van der Waals surface area contributed by atoms with Crippen LogP contribution in [-0.2, 0) is 19.5 Å². The van der Waals surface area contributed by atoms with E-state index in [-0.39, 0.29) is 11.1 Å². The highest BCUT2D eigenvalue weighted by molar-refractivity contribution is 5.94. The highest BCUT2D eigenvalue weighted by atomic mass is 16.1. The first-order valence-corrected chi connectivity index (χ1v) is 16.8. The third-order valence-corrected chi connectivity index (χ3v) is 10.3. The average Bonchev–Trinajstić information content (AvgIpc) is 3.58. The normalized spacial score (nSPS) is 14.9. The zero-order chi connectivity index (χ0) is 34.0. The molecule has 50 heavy (non-hydrogen) atoms. The number of benzene rings is 6. The second kappa shape index (κ2) is 11.3. The van der Waals surface area contributed by atoms with Gasteiger partial charge in [0.25, 0.3) is 0 Å². The first-order valence-electron chi connectivity index (χ1n) is 16.8. The molecule has 0 aliphatic heterocycles. The van der Waals surface area contributed by atoms with Gasteiger partial charge in [-0.05, 0) is 46.4 Å². The summed E-state index contributed by atoms with van der Waals surface area (Å²) in [5.41, 5.74) is 12.3. The summed E-state index contributed by atoms with van der Waals surface area (Å²) in [6.45, 7) is 2.32. The van der Waals surface area contributed by atoms with Crippen molar-refractivity contribution in [1.29, 1.82) is 0 Å². The topological polar surface area (TPSA) is 65.6 Å². The highest BCUT2D eigenvalue weighted by Crippen LogP contribution is 2.54. The van der Waals surface area contributed by atoms with Crippen LogP contribution in [0, 0.1) is 0 Å². The van der Waals surface area contributed by atoms with Crippen molar-refractivity contribution in [3.63, 3.8) is 0 Å². The fourth-order valence-corrected chi connectivity index (χ4v) is 7.76. The Morgan fingerprint density at radius 3 is 1.76 bits per heavy atom. The van der Waals surface area contributed by atoms with Crippen molar-refractivity contribution in [2.24, 2.45) is 14.1 Å². The van der Waals surface area contributed by atoms with E-state index in [2.05, 4.69) is 110 Å². The monoisotopic (exact) mass is 647 g/mol. The van der Waals surface area contributed by atoms with Crippen LogP contribution in [0.1, 0.15) is 23.6 Å². The summed E-state index contributed by atoms with van der Waals surface area (Å²) in [5, 5.41) is 0. The zero-order valence-electron chi connectivity index (χ0n) is 28.0. The van der Waals surface area contributed by atoms with E-state index < -0.39 is 0 Å². The Morgan fingerprint density at radius 1 is 0.480 bits per heavy atom. The summed E-state index contributed by atoms with van der Waals surface area (Å²) >= 11 is 0. The maximum absolute atomic E-state index is 12.8. The number of aromatic nitrogens is 5. The van der Waals surface area contributed by atoms with Gasteiger partial charge in [-0.3, -0.25) is 9.13 Å². The fraction of sp³-hybridized carbons (Fsp3) is 0.0909. The van der Waals surface area contributed by atoms with Gasteiger partial charge in [0, 0.05) is 41.8 Å². The van der Waals surface area contributed by atoms with Crippen LogP contribution in [0.5, 0.6) is 0 Å². The van der Waals surface area contributed by atoms with Gasteiger partial charge in [0.05, 0.1) is 11.0 Å². The lowest BCUT2D eigenvalue weighted by atomic mass is 9.74. The lowest BCUT2D eigenvalue weighted by molar-refractivity contribution is 0.714. The van der Waals surface area contributed by atoms with E-state index in [1.165, 1.54) is 22.3 Å². The molecule has 0 saturated carbocycles. The minimum absolute atomic E-state index is 0.0469. The van der Waals surface area contributed by atoms with E-state index in [4.69, 9.17) is 15.0 Å². The molecule has 1 unspecified atom stereocenters. The van der Waals surface area contributed by atoms with E-state index in [0.29, 0.717) is 17.5 Å². The zero-order valence-corrected chi connectivity index (χ0v) is 28.0. The Morgan fingerprint density at radius 2 is 1.02 bits per heavy atom. The quantitative estimate of drug-likeness (QED) is 0.187. The number of rotatable bonds is 5. The molecule has 240 valence electrons. The molecule has 0 fully saturated rings. The van der Waals surface area contributed by atoms with Crippen LogP contribution >= 0.6 is 0 Å². The summed E-state index contributed by atoms with van der Waals surface area (Å²) in [6, 6.07) is 50.3. The highest BCUT2D eigenvalue weighted by Gasteiger charge is 2.42. The van der Waals surface area contributed by atoms with Crippen LogP contribution in [0.2, 0.25) is 0 Å². The van der Waals surface area contributed by atoms with Gasteiger partial charge in [0.2, 0.25) is 0 Å². The first-order chi connectivity index (χ1) is 24.4. The van der Waals surface area contributed by atoms with Gasteiger partial charge >= 0.3 is 5.69 Å². The second-order valence-electron chi connectivity index (χ2n) is 13.1. The molecule has 0 amide bonds. The summed E-state index contributed by atoms with van der Waals surface area (Å²) in [6.07, 6.45) is 0. The fourth-order valence-electron chi connectivity index (χ4n) is 7.76. The van der Waals surface area contributed by atoms with Crippen molar-refractivity contribution in [2.75, 3.05) is 0 Å². The SMILES string of the molecule is Cn1c(=O)n(C)c2c(-c3ccc(-c4nc(-c5ccccc5)nc(-c5cccc6c5-c5ccccc5C6(C)c5ccccc5)n4)cc3)cccc21. The van der Waals surface area contributed by atoms with Crippen molar-refractivity contribution in [3.05, 3.63) is 173 Å². The number of nitrogens with zero attached hydrogens (tertiary/aromatic N) is 5. The Bertz CT molecular complexity index is 2640. The van der Waals surface area contributed by atoms with E-state index in [1.807, 2.05) is 56.6 Å². The minimum atomic E-state index is -0.331. The Kier molecular flexibility index (Phi) is 6.74. The Balaban J connectivity index is 1.22. The molecule has 0 saturated heterocycles. The van der Waals surface area contributed by atoms with Gasteiger partial charge in [-0.2, -0.15) is 0 Å². The van der Waals surface area contributed by atoms with Crippen molar-refractivity contribution in [1.82, 2.24) is 24.1 Å². The first kappa shape index (κ1) is 29.7. The van der Waals surface area contributed by atoms with Crippen LogP contribution < -0.4 is 5.69 Å². The molecule has 1 aliphatic carbocycles. The smallest absolute Gasteiger partial charge is 0.295 e. The van der Waals surface area contributed by atoms with E-state index in [9.17, 15) is 4.79 Å². The lowest BCUT2D eigenvalue weighted by Gasteiger charge is -2.28. The predicted octanol–water partition coefficient (Wildman–Crippen LogP) is 9.06.